The third kappa shape index (κ3) is 3.45. The van der Waals surface area contributed by atoms with Gasteiger partial charge in [-0.3, -0.25) is 0 Å². The fraction of sp³-hybridized carbons (Fsp3) is 1.00. The summed E-state index contributed by atoms with van der Waals surface area (Å²) in [5, 5.41) is 3.43. The molecule has 0 spiro atoms. The van der Waals surface area contributed by atoms with Gasteiger partial charge in [0.1, 0.15) is 0 Å². The zero-order valence-electron chi connectivity index (χ0n) is 11.8. The standard InChI is InChI=1S/C15H30N2/c1-3-14-6-10-17(11-7-14)13-15(12-16-2)8-4-5-9-15/h14,16H,3-13H2,1-2H3. The van der Waals surface area contributed by atoms with Crippen molar-refractivity contribution in [3.8, 4) is 0 Å². The summed E-state index contributed by atoms with van der Waals surface area (Å²) < 4.78 is 0. The average Bonchev–Trinajstić information content (AvgIpc) is 2.79. The second-order valence-electron chi connectivity index (χ2n) is 6.37. The van der Waals surface area contributed by atoms with Crippen LogP contribution in [0.1, 0.15) is 51.9 Å². The Morgan fingerprint density at radius 3 is 2.35 bits per heavy atom. The largest absolute Gasteiger partial charge is 0.319 e. The first kappa shape index (κ1) is 13.4. The summed E-state index contributed by atoms with van der Waals surface area (Å²) in [6, 6.07) is 0. The third-order valence-electron chi connectivity index (χ3n) is 5.06. The second-order valence-corrected chi connectivity index (χ2v) is 6.37. The van der Waals surface area contributed by atoms with Crippen molar-refractivity contribution in [3.05, 3.63) is 0 Å². The summed E-state index contributed by atoms with van der Waals surface area (Å²) in [5.74, 6) is 1.01. The quantitative estimate of drug-likeness (QED) is 0.792. The molecule has 2 heteroatoms. The second kappa shape index (κ2) is 6.19. The minimum Gasteiger partial charge on any atom is -0.319 e. The molecule has 0 atom stereocenters. The molecule has 2 rings (SSSR count). The van der Waals surface area contributed by atoms with E-state index in [1.165, 1.54) is 71.1 Å². The highest BCUT2D eigenvalue weighted by molar-refractivity contribution is 4.90. The Bertz CT molecular complexity index is 213. The van der Waals surface area contributed by atoms with E-state index in [2.05, 4.69) is 24.2 Å². The molecule has 0 amide bonds. The Kier molecular flexibility index (Phi) is 4.87. The van der Waals surface area contributed by atoms with Gasteiger partial charge < -0.3 is 10.2 Å². The van der Waals surface area contributed by atoms with Crippen LogP contribution < -0.4 is 5.32 Å². The lowest BCUT2D eigenvalue weighted by atomic mass is 9.84. The first-order valence-electron chi connectivity index (χ1n) is 7.65. The molecule has 1 aliphatic heterocycles. The highest BCUT2D eigenvalue weighted by atomic mass is 15.1. The Hall–Kier alpha value is -0.0800. The van der Waals surface area contributed by atoms with E-state index in [1.807, 2.05) is 0 Å². The summed E-state index contributed by atoms with van der Waals surface area (Å²) in [5.41, 5.74) is 0.605. The molecule has 2 aliphatic rings. The number of hydrogen-bond acceptors (Lipinski definition) is 2. The van der Waals surface area contributed by atoms with Gasteiger partial charge in [-0.25, -0.2) is 0 Å². The van der Waals surface area contributed by atoms with Gasteiger partial charge in [0.05, 0.1) is 0 Å². The predicted molar refractivity (Wildman–Crippen MR) is 74.3 cm³/mol. The van der Waals surface area contributed by atoms with Crippen molar-refractivity contribution in [1.82, 2.24) is 10.2 Å². The Morgan fingerprint density at radius 1 is 1.18 bits per heavy atom. The zero-order chi connectivity index (χ0) is 12.1. The predicted octanol–water partition coefficient (Wildman–Crippen LogP) is 2.89. The third-order valence-corrected chi connectivity index (χ3v) is 5.06. The smallest absolute Gasteiger partial charge is 0.00501 e. The molecule has 0 aromatic rings. The van der Waals surface area contributed by atoms with Gasteiger partial charge in [-0.05, 0) is 57.2 Å². The molecule has 100 valence electrons. The Morgan fingerprint density at radius 2 is 1.82 bits per heavy atom. The molecular weight excluding hydrogens is 208 g/mol. The van der Waals surface area contributed by atoms with Crippen LogP contribution in [0.2, 0.25) is 0 Å². The Labute approximate surface area is 107 Å². The van der Waals surface area contributed by atoms with Crippen molar-refractivity contribution >= 4 is 0 Å². The molecule has 2 fully saturated rings. The first-order chi connectivity index (χ1) is 8.28. The fourth-order valence-electron chi connectivity index (χ4n) is 3.92. The van der Waals surface area contributed by atoms with Crippen LogP contribution in [0.5, 0.6) is 0 Å². The summed E-state index contributed by atoms with van der Waals surface area (Å²) in [6.45, 7) is 7.62. The minimum atomic E-state index is 0.605. The van der Waals surface area contributed by atoms with E-state index in [9.17, 15) is 0 Å². The number of likely N-dealkylation sites (tertiary alicyclic amines) is 1. The van der Waals surface area contributed by atoms with Crippen LogP contribution >= 0.6 is 0 Å². The van der Waals surface area contributed by atoms with Crippen LogP contribution in [-0.2, 0) is 0 Å². The van der Waals surface area contributed by atoms with E-state index in [-0.39, 0.29) is 0 Å². The van der Waals surface area contributed by atoms with E-state index >= 15 is 0 Å². The van der Waals surface area contributed by atoms with Crippen LogP contribution in [0, 0.1) is 11.3 Å². The van der Waals surface area contributed by atoms with Crippen LogP contribution in [-0.4, -0.2) is 38.1 Å². The maximum Gasteiger partial charge on any atom is 0.00501 e. The van der Waals surface area contributed by atoms with Crippen molar-refractivity contribution < 1.29 is 0 Å². The molecule has 1 saturated carbocycles. The summed E-state index contributed by atoms with van der Waals surface area (Å²) in [7, 11) is 2.11. The number of rotatable bonds is 5. The fourth-order valence-corrected chi connectivity index (χ4v) is 3.92. The van der Waals surface area contributed by atoms with Gasteiger partial charge >= 0.3 is 0 Å². The SMILES string of the molecule is CCC1CCN(CC2(CNC)CCCC2)CC1. The average molecular weight is 238 g/mol. The van der Waals surface area contributed by atoms with Crippen LogP contribution in [0.3, 0.4) is 0 Å². The van der Waals surface area contributed by atoms with E-state index in [1.54, 1.807) is 0 Å². The monoisotopic (exact) mass is 238 g/mol. The normalized spacial score (nSPS) is 26.5. The van der Waals surface area contributed by atoms with E-state index < -0.39 is 0 Å². The molecular formula is C15H30N2. The summed E-state index contributed by atoms with van der Waals surface area (Å²) in [4.78, 5) is 2.74. The molecule has 2 nitrogen and oxygen atoms in total. The van der Waals surface area contributed by atoms with Crippen molar-refractivity contribution in [3.63, 3.8) is 0 Å². The van der Waals surface area contributed by atoms with Gasteiger partial charge in [0.25, 0.3) is 0 Å². The summed E-state index contributed by atoms with van der Waals surface area (Å²) >= 11 is 0. The van der Waals surface area contributed by atoms with Crippen LogP contribution in [0.25, 0.3) is 0 Å². The first-order valence-corrected chi connectivity index (χ1v) is 7.65. The lowest BCUT2D eigenvalue weighted by Gasteiger charge is -2.39. The molecule has 0 bridgehead atoms. The van der Waals surface area contributed by atoms with Crippen LogP contribution in [0.15, 0.2) is 0 Å². The maximum absolute atomic E-state index is 3.43. The summed E-state index contributed by atoms with van der Waals surface area (Å²) in [6.07, 6.45) is 10.1. The van der Waals surface area contributed by atoms with E-state index in [0.29, 0.717) is 5.41 Å². The van der Waals surface area contributed by atoms with E-state index in [0.717, 1.165) is 5.92 Å². The molecule has 17 heavy (non-hydrogen) atoms. The molecule has 1 saturated heterocycles. The highest BCUT2D eigenvalue weighted by Gasteiger charge is 2.35. The van der Waals surface area contributed by atoms with Gasteiger partial charge in [0.2, 0.25) is 0 Å². The number of piperidine rings is 1. The lowest BCUT2D eigenvalue weighted by molar-refractivity contribution is 0.110. The van der Waals surface area contributed by atoms with Gasteiger partial charge in [-0.2, -0.15) is 0 Å². The minimum absolute atomic E-state index is 0.605. The van der Waals surface area contributed by atoms with Gasteiger partial charge in [-0.1, -0.05) is 26.2 Å². The van der Waals surface area contributed by atoms with Gasteiger partial charge in [0, 0.05) is 13.1 Å². The van der Waals surface area contributed by atoms with E-state index in [4.69, 9.17) is 0 Å². The van der Waals surface area contributed by atoms with Crippen molar-refractivity contribution in [2.24, 2.45) is 11.3 Å². The van der Waals surface area contributed by atoms with Gasteiger partial charge in [0.15, 0.2) is 0 Å². The van der Waals surface area contributed by atoms with Crippen LogP contribution in [0.4, 0.5) is 0 Å². The lowest BCUT2D eigenvalue weighted by Crippen LogP contribution is -2.44. The molecule has 1 N–H and O–H groups in total. The maximum atomic E-state index is 3.43. The topological polar surface area (TPSA) is 15.3 Å². The molecule has 0 aromatic carbocycles. The molecule has 0 unspecified atom stereocenters. The number of hydrogen-bond donors (Lipinski definition) is 1. The molecule has 1 heterocycles. The molecule has 1 aliphatic carbocycles. The molecule has 0 radical (unpaired) electrons. The van der Waals surface area contributed by atoms with Crippen molar-refractivity contribution in [2.75, 3.05) is 33.2 Å². The van der Waals surface area contributed by atoms with Gasteiger partial charge in [-0.15, -0.1) is 0 Å². The Balaban J connectivity index is 1.82. The van der Waals surface area contributed by atoms with Crippen molar-refractivity contribution in [1.29, 1.82) is 0 Å². The highest BCUT2D eigenvalue weighted by Crippen LogP contribution is 2.39. The molecule has 0 aromatic heterocycles. The number of nitrogens with zero attached hydrogens (tertiary/aromatic N) is 1. The zero-order valence-corrected chi connectivity index (χ0v) is 11.8. The number of nitrogens with one attached hydrogen (secondary N) is 1. The van der Waals surface area contributed by atoms with Crippen molar-refractivity contribution in [2.45, 2.75) is 51.9 Å².